The molecule has 0 atom stereocenters. The first-order chi connectivity index (χ1) is 29.4. The summed E-state index contributed by atoms with van der Waals surface area (Å²) in [6, 6.07) is 18.4. The Labute approximate surface area is 407 Å². The topological polar surface area (TPSA) is 223 Å². The maximum Gasteiger partial charge on any atom is 1.00 e. The quantitative estimate of drug-likeness (QED) is 0.0812. The summed E-state index contributed by atoms with van der Waals surface area (Å²) in [7, 11) is 2.83. The number of methoxy groups -OCH3 is 2. The van der Waals surface area contributed by atoms with Gasteiger partial charge >= 0.3 is 51.4 Å². The van der Waals surface area contributed by atoms with Crippen molar-refractivity contribution in [2.45, 2.75) is 0 Å². The van der Waals surface area contributed by atoms with Gasteiger partial charge in [0, 0.05) is 75.9 Å². The van der Waals surface area contributed by atoms with Crippen molar-refractivity contribution in [3.8, 4) is 11.5 Å². The second kappa shape index (κ2) is 22.3. The molecule has 2 aliphatic heterocycles. The van der Waals surface area contributed by atoms with Gasteiger partial charge in [-0.2, -0.15) is 0 Å². The van der Waals surface area contributed by atoms with E-state index in [1.807, 2.05) is 53.4 Å². The minimum absolute atomic E-state index is 0. The van der Waals surface area contributed by atoms with Crippen molar-refractivity contribution in [2.24, 2.45) is 0 Å². The van der Waals surface area contributed by atoms with Gasteiger partial charge in [-0.1, -0.05) is 59.6 Å². The third-order valence-electron chi connectivity index (χ3n) is 9.86. The number of ether oxygens (including phenoxy) is 2. The Morgan fingerprint density at radius 2 is 1.02 bits per heavy atom. The molecule has 2 saturated heterocycles. The van der Waals surface area contributed by atoms with Gasteiger partial charge in [-0.15, -0.1) is 0 Å². The summed E-state index contributed by atoms with van der Waals surface area (Å²) in [5, 5.41) is 14.8. The molecule has 17 nitrogen and oxygen atoms in total. The number of aliphatic carboxylic acids is 1. The fourth-order valence-electron chi connectivity index (χ4n) is 6.72. The van der Waals surface area contributed by atoms with Crippen LogP contribution in [0.5, 0.6) is 11.5 Å². The number of fused-ring (bicyclic) bond motifs is 2. The number of Topliss-reactive ketones (excluding diaryl/α,β-unsaturated/α-hetero) is 2. The first-order valence-corrected chi connectivity index (χ1v) is 19.6. The number of hydrogen-bond acceptors (Lipinski definition) is 12. The van der Waals surface area contributed by atoms with Crippen LogP contribution in [0.4, 0.5) is 0 Å². The normalized spacial score (nSPS) is 13.5. The molecule has 6 heterocycles. The summed E-state index contributed by atoms with van der Waals surface area (Å²) in [4.78, 5) is 90.6. The number of benzene rings is 2. The van der Waals surface area contributed by atoms with Crippen LogP contribution >= 0.6 is 23.2 Å². The van der Waals surface area contributed by atoms with Gasteiger partial charge in [-0.25, -0.2) is 9.97 Å². The molecule has 3 N–H and O–H groups in total. The van der Waals surface area contributed by atoms with Crippen molar-refractivity contribution in [3.05, 3.63) is 118 Å². The maximum atomic E-state index is 12.9. The molecule has 2 aliphatic rings. The third kappa shape index (κ3) is 10.9. The molecule has 0 radical (unpaired) electrons. The monoisotopic (exact) mass is 908 g/mol. The molecule has 20 heteroatoms. The van der Waals surface area contributed by atoms with Crippen LogP contribution in [0.1, 0.15) is 41.4 Å². The Balaban J connectivity index is 0.000000192. The number of nitrogens with zero attached hydrogens (tertiary/aromatic N) is 5. The van der Waals surface area contributed by atoms with Crippen LogP contribution in [0.2, 0.25) is 10.3 Å². The molecule has 0 bridgehead atoms. The molecule has 4 aromatic heterocycles. The van der Waals surface area contributed by atoms with Crippen molar-refractivity contribution in [3.63, 3.8) is 0 Å². The van der Waals surface area contributed by atoms with E-state index in [9.17, 15) is 33.9 Å². The Morgan fingerprint density at radius 3 is 1.44 bits per heavy atom. The number of rotatable bonds is 8. The number of H-pyrrole nitrogens is 2. The van der Waals surface area contributed by atoms with Gasteiger partial charge in [-0.3, -0.25) is 24.0 Å². The van der Waals surface area contributed by atoms with Crippen LogP contribution in [0.15, 0.2) is 85.5 Å². The maximum absolute atomic E-state index is 12.9. The second-order valence-corrected chi connectivity index (χ2v) is 14.2. The zero-order chi connectivity index (χ0) is 43.6. The predicted octanol–water partition coefficient (Wildman–Crippen LogP) is 0.286. The fraction of sp³-hybridized carbons (Fsp3) is 0.238. The van der Waals surface area contributed by atoms with Crippen LogP contribution in [-0.4, -0.2) is 136 Å². The molecule has 0 spiro atoms. The van der Waals surface area contributed by atoms with Crippen LogP contribution in [-0.2, 0) is 9.59 Å². The number of nitrogens with one attached hydrogen (secondary N) is 3. The van der Waals surface area contributed by atoms with E-state index in [1.165, 1.54) is 43.9 Å². The molecular weight excluding hydrogens is 871 g/mol. The molecule has 8 rings (SSSR count). The van der Waals surface area contributed by atoms with E-state index in [2.05, 4.69) is 25.3 Å². The van der Waals surface area contributed by atoms with Crippen molar-refractivity contribution >= 4 is 80.3 Å². The van der Waals surface area contributed by atoms with E-state index in [4.69, 9.17) is 32.7 Å². The number of aromatic nitrogens is 4. The molecule has 316 valence electrons. The average molecular weight is 910 g/mol. The summed E-state index contributed by atoms with van der Waals surface area (Å²) >= 11 is 11.9. The molecule has 0 aliphatic carbocycles. The first kappa shape index (κ1) is 47.9. The van der Waals surface area contributed by atoms with Crippen molar-refractivity contribution < 1.29 is 94.7 Å². The molecule has 2 fully saturated rings. The second-order valence-electron chi connectivity index (χ2n) is 13.4. The Morgan fingerprint density at radius 1 is 0.613 bits per heavy atom. The predicted molar refractivity (Wildman–Crippen MR) is 223 cm³/mol. The zero-order valence-corrected chi connectivity index (χ0v) is 38.5. The molecule has 3 amide bonds. The molecule has 62 heavy (non-hydrogen) atoms. The Kier molecular flexibility index (Phi) is 17.2. The van der Waals surface area contributed by atoms with Gasteiger partial charge in [0.2, 0.25) is 5.78 Å². The molecule has 0 unspecified atom stereocenters. The summed E-state index contributed by atoms with van der Waals surface area (Å²) in [5.74, 6) is -3.55. The van der Waals surface area contributed by atoms with E-state index in [-0.39, 0.29) is 109 Å². The summed E-state index contributed by atoms with van der Waals surface area (Å²) in [5.41, 5.74) is 2.28. The standard InChI is InChI=1S/C21H19ClN4O4.C11H14N2O.C10H7ClN2O4.K/c1-30-15-12-24-19(22)17-16(15)14(11-23-17)18(27)21(29)26-9-7-25(8-10-26)20(28)13-5-3-2-4-6-13;14-11(10-4-2-1-3-5-10)13-8-6-12-7-9-13;1-17-5-3-13-9(11)7-6(5)4(2-12-7)8(14)10(15)16;/h2-6,11-12,23H,7-10H2,1H3;1-5,12H,6-9H2;2-3,12H,1H3,(H,15,16);/q;;;+1/p-1. The van der Waals surface area contributed by atoms with Gasteiger partial charge in [0.05, 0.1) is 59.5 Å². The average Bonchev–Trinajstić information content (AvgIpc) is 3.97. The van der Waals surface area contributed by atoms with Crippen LogP contribution in [0.3, 0.4) is 0 Å². The number of pyridine rings is 2. The minimum Gasteiger partial charge on any atom is -0.541 e. The van der Waals surface area contributed by atoms with E-state index < -0.39 is 23.4 Å². The Bertz CT molecular complexity index is 2580. The van der Waals surface area contributed by atoms with E-state index in [1.54, 1.807) is 17.0 Å². The van der Waals surface area contributed by atoms with Crippen LogP contribution in [0.25, 0.3) is 21.8 Å². The number of carboxylic acids is 1. The van der Waals surface area contributed by atoms with Crippen LogP contribution < -0.4 is 71.3 Å². The number of halogens is 2. The van der Waals surface area contributed by atoms with E-state index in [0.717, 1.165) is 31.7 Å². The third-order valence-corrected chi connectivity index (χ3v) is 10.4. The number of ketones is 2. The van der Waals surface area contributed by atoms with Gasteiger partial charge in [-0.05, 0) is 24.3 Å². The number of carbonyl (C=O) groups is 6. The van der Waals surface area contributed by atoms with Gasteiger partial charge in [0.15, 0.2) is 10.3 Å². The minimum atomic E-state index is -1.79. The van der Waals surface area contributed by atoms with Crippen LogP contribution in [0, 0.1) is 0 Å². The van der Waals surface area contributed by atoms with Crippen molar-refractivity contribution in [1.82, 2.24) is 40.0 Å². The van der Waals surface area contributed by atoms with E-state index in [0.29, 0.717) is 40.8 Å². The largest absolute Gasteiger partial charge is 1.00 e. The smallest absolute Gasteiger partial charge is 0.541 e. The van der Waals surface area contributed by atoms with Crippen molar-refractivity contribution in [2.75, 3.05) is 66.6 Å². The molecular formula is C42H39Cl2KN8O9. The van der Waals surface area contributed by atoms with Gasteiger partial charge < -0.3 is 49.4 Å². The number of carboxylic acid groups (broad SMARTS) is 1. The van der Waals surface area contributed by atoms with Gasteiger partial charge in [0.1, 0.15) is 17.5 Å². The summed E-state index contributed by atoms with van der Waals surface area (Å²) in [6.45, 7) is 4.72. The number of aromatic amines is 2. The number of carbonyl (C=O) groups excluding carboxylic acids is 6. The molecule has 0 saturated carbocycles. The van der Waals surface area contributed by atoms with Gasteiger partial charge in [0.25, 0.3) is 23.5 Å². The summed E-state index contributed by atoms with van der Waals surface area (Å²) < 4.78 is 10.3. The first-order valence-electron chi connectivity index (χ1n) is 18.8. The Hall–Kier alpha value is -5.18. The van der Waals surface area contributed by atoms with E-state index >= 15 is 0 Å². The fourth-order valence-corrected chi connectivity index (χ4v) is 7.11. The molecule has 2 aromatic carbocycles. The number of hydrogen-bond donors (Lipinski definition) is 3. The summed E-state index contributed by atoms with van der Waals surface area (Å²) in [6.07, 6.45) is 5.40. The number of amides is 3. The van der Waals surface area contributed by atoms with Crippen molar-refractivity contribution in [1.29, 1.82) is 0 Å². The zero-order valence-electron chi connectivity index (χ0n) is 33.9. The SMILES string of the molecule is COc1cnc(Cl)c2[nH]cc(C(=O)C(=O)N3CCN(C(=O)c4ccccc4)CC3)c12.COc1cnc(Cl)c2[nH]cc(C(=O)C(=O)[O-])c12.O=C(c1ccccc1)N1CCNCC1.[K+]. The number of piperazine rings is 2. The molecule has 6 aromatic rings.